The summed E-state index contributed by atoms with van der Waals surface area (Å²) >= 11 is 0. The number of carbonyl (C=O) groups is 2. The minimum atomic E-state index is -1.58. The Labute approximate surface area is 496 Å². The number of allylic oxidation sites excluding steroid dienone is 11. The van der Waals surface area contributed by atoms with E-state index in [-0.39, 0.29) is 18.5 Å². The summed E-state index contributed by atoms with van der Waals surface area (Å²) in [6.07, 6.45) is 69.0. The van der Waals surface area contributed by atoms with E-state index >= 15 is 0 Å². The first-order chi connectivity index (χ1) is 39.7. The van der Waals surface area contributed by atoms with Crippen molar-refractivity contribution in [2.45, 2.75) is 339 Å². The molecule has 11 nitrogen and oxygen atoms in total. The molecule has 0 aromatic rings. The van der Waals surface area contributed by atoms with Crippen molar-refractivity contribution >= 4 is 11.9 Å². The predicted molar refractivity (Wildman–Crippen MR) is 338 cm³/mol. The van der Waals surface area contributed by atoms with Crippen LogP contribution >= 0.6 is 0 Å². The molecule has 7 atom stereocenters. The molecule has 1 aliphatic rings. The van der Waals surface area contributed by atoms with Gasteiger partial charge in [0.2, 0.25) is 5.91 Å². The zero-order valence-corrected chi connectivity index (χ0v) is 52.0. The molecule has 0 radical (unpaired) electrons. The Morgan fingerprint density at radius 3 is 1.36 bits per heavy atom. The lowest BCUT2D eigenvalue weighted by atomic mass is 9.99. The Bertz CT molecular complexity index is 1580. The first-order valence-corrected chi connectivity index (χ1v) is 33.7. The second kappa shape index (κ2) is 58.9. The summed E-state index contributed by atoms with van der Waals surface area (Å²) in [5.74, 6) is -0.210. The van der Waals surface area contributed by atoms with E-state index in [0.29, 0.717) is 19.4 Å². The molecule has 1 rings (SSSR count). The molecule has 0 aliphatic carbocycles. The van der Waals surface area contributed by atoms with Crippen LogP contribution in [0.15, 0.2) is 72.9 Å². The second-order valence-electron chi connectivity index (χ2n) is 23.1. The number of hydrogen-bond donors (Lipinski definition) is 6. The topological polar surface area (TPSA) is 175 Å². The molecule has 0 spiro atoms. The lowest BCUT2D eigenvalue weighted by Crippen LogP contribution is -2.60. The molecule has 6 N–H and O–H groups in total. The third-order valence-electron chi connectivity index (χ3n) is 15.5. The Hall–Kier alpha value is -2.90. The number of amides is 1. The summed E-state index contributed by atoms with van der Waals surface area (Å²) in [4.78, 5) is 25.1. The first kappa shape index (κ1) is 76.1. The molecule has 1 heterocycles. The maximum absolute atomic E-state index is 13.0. The van der Waals surface area contributed by atoms with Crippen molar-refractivity contribution in [3.05, 3.63) is 72.9 Å². The van der Waals surface area contributed by atoms with Crippen LogP contribution < -0.4 is 5.32 Å². The maximum Gasteiger partial charge on any atom is 0.305 e. The lowest BCUT2D eigenvalue weighted by Gasteiger charge is -2.40. The molecular weight excluding hydrogens is 1010 g/mol. The van der Waals surface area contributed by atoms with Crippen molar-refractivity contribution in [2.24, 2.45) is 0 Å². The molecule has 1 aliphatic heterocycles. The van der Waals surface area contributed by atoms with Gasteiger partial charge in [0.1, 0.15) is 24.4 Å². The van der Waals surface area contributed by atoms with Gasteiger partial charge >= 0.3 is 5.97 Å². The van der Waals surface area contributed by atoms with Gasteiger partial charge in [-0.25, -0.2) is 0 Å². The minimum Gasteiger partial charge on any atom is -0.466 e. The Kier molecular flexibility index (Phi) is 55.3. The van der Waals surface area contributed by atoms with Gasteiger partial charge in [-0.05, 0) is 109 Å². The van der Waals surface area contributed by atoms with Gasteiger partial charge in [-0.15, -0.1) is 0 Å². The van der Waals surface area contributed by atoms with E-state index in [1.54, 1.807) is 6.08 Å². The average Bonchev–Trinajstić information content (AvgIpc) is 3.51. The summed E-state index contributed by atoms with van der Waals surface area (Å²) in [7, 11) is 0. The van der Waals surface area contributed by atoms with E-state index in [4.69, 9.17) is 14.2 Å². The highest BCUT2D eigenvalue weighted by atomic mass is 16.7. The molecule has 0 aromatic carbocycles. The molecule has 0 aromatic heterocycles. The number of ether oxygens (including phenoxy) is 3. The van der Waals surface area contributed by atoms with E-state index in [9.17, 15) is 35.1 Å². The fraction of sp³-hybridized carbons (Fsp3) is 0.800. The average molecular weight is 1140 g/mol. The molecule has 1 saturated heterocycles. The van der Waals surface area contributed by atoms with Crippen LogP contribution in [0.1, 0.15) is 296 Å². The predicted octanol–water partition coefficient (Wildman–Crippen LogP) is 16.7. The van der Waals surface area contributed by atoms with Gasteiger partial charge in [-0.2, -0.15) is 0 Å². The number of aliphatic hydroxyl groups excluding tert-OH is 5. The zero-order chi connectivity index (χ0) is 58.7. The maximum atomic E-state index is 13.0. The van der Waals surface area contributed by atoms with E-state index < -0.39 is 49.5 Å². The second-order valence-corrected chi connectivity index (χ2v) is 23.1. The van der Waals surface area contributed by atoms with Crippen molar-refractivity contribution in [1.29, 1.82) is 0 Å². The quantitative estimate of drug-likeness (QED) is 0.0195. The summed E-state index contributed by atoms with van der Waals surface area (Å²) in [6.45, 7) is 4.19. The van der Waals surface area contributed by atoms with Crippen molar-refractivity contribution in [1.82, 2.24) is 5.32 Å². The summed E-state index contributed by atoms with van der Waals surface area (Å²) in [5, 5.41) is 54.2. The van der Waals surface area contributed by atoms with E-state index in [2.05, 4.69) is 79.9 Å². The molecule has 1 fully saturated rings. The van der Waals surface area contributed by atoms with Gasteiger partial charge in [-0.3, -0.25) is 9.59 Å². The van der Waals surface area contributed by atoms with Gasteiger partial charge in [0.25, 0.3) is 0 Å². The summed E-state index contributed by atoms with van der Waals surface area (Å²) < 4.78 is 16.7. The van der Waals surface area contributed by atoms with Gasteiger partial charge in [0.05, 0.1) is 32.0 Å². The lowest BCUT2D eigenvalue weighted by molar-refractivity contribution is -0.302. The number of carbonyl (C=O) groups excluding carboxylic acids is 2. The van der Waals surface area contributed by atoms with Gasteiger partial charge in [-0.1, -0.05) is 247 Å². The Morgan fingerprint density at radius 2 is 0.877 bits per heavy atom. The molecule has 7 unspecified atom stereocenters. The van der Waals surface area contributed by atoms with Crippen molar-refractivity contribution in [3.63, 3.8) is 0 Å². The van der Waals surface area contributed by atoms with Crippen LogP contribution in [0.4, 0.5) is 0 Å². The van der Waals surface area contributed by atoms with Gasteiger partial charge in [0, 0.05) is 12.8 Å². The monoisotopic (exact) mass is 1140 g/mol. The van der Waals surface area contributed by atoms with Crippen LogP contribution in [0, 0.1) is 0 Å². The summed E-state index contributed by atoms with van der Waals surface area (Å²) in [6, 6.07) is -0.838. The number of aliphatic hydroxyl groups is 5. The van der Waals surface area contributed by atoms with Gasteiger partial charge in [0.15, 0.2) is 6.29 Å². The fourth-order valence-corrected chi connectivity index (χ4v) is 10.2. The van der Waals surface area contributed by atoms with Crippen LogP contribution in [0.3, 0.4) is 0 Å². The molecule has 11 heteroatoms. The largest absolute Gasteiger partial charge is 0.466 e. The highest BCUT2D eigenvalue weighted by molar-refractivity contribution is 5.76. The van der Waals surface area contributed by atoms with Crippen LogP contribution in [0.5, 0.6) is 0 Å². The third kappa shape index (κ3) is 48.1. The summed E-state index contributed by atoms with van der Waals surface area (Å²) in [5.41, 5.74) is 0. The molecule has 0 saturated carbocycles. The smallest absolute Gasteiger partial charge is 0.305 e. The third-order valence-corrected chi connectivity index (χ3v) is 15.5. The van der Waals surface area contributed by atoms with Crippen molar-refractivity contribution in [2.75, 3.05) is 19.8 Å². The number of hydrogen-bond acceptors (Lipinski definition) is 10. The Balaban J connectivity index is 1.98. The van der Waals surface area contributed by atoms with E-state index in [1.807, 2.05) is 6.08 Å². The van der Waals surface area contributed by atoms with Crippen molar-refractivity contribution < 1.29 is 49.3 Å². The van der Waals surface area contributed by atoms with Crippen LogP contribution in [-0.4, -0.2) is 100 Å². The number of unbranched alkanes of at least 4 members (excludes halogenated alkanes) is 34. The molecule has 1 amide bonds. The standard InChI is InChI=1S/C70H125NO10/c1-3-5-7-9-11-13-15-16-17-32-35-38-42-46-50-54-58-66(75)79-59-55-51-47-43-39-36-33-30-28-26-24-22-20-18-19-21-23-25-27-29-31-34-37-41-45-49-53-57-65(74)71-62(61-80-70-69(78)68(77)67(76)64(60-72)81-70)63(73)56-52-48-44-40-14-12-10-8-6-4-2/h6,8,14,17-19,22,24,32,40,52,56,62-64,67-70,72-73,76-78H,3-5,7,9-13,15-16,20-21,23,25-31,33-39,41-51,53-55,57-61H2,1-2H3,(H,71,74)/b8-6+,19-18-,24-22-,32-17-,40-14+,56-52+. The molecular formula is C70H125NO10. The number of esters is 1. The van der Waals surface area contributed by atoms with E-state index in [1.165, 1.54) is 180 Å². The first-order valence-electron chi connectivity index (χ1n) is 33.7. The Morgan fingerprint density at radius 1 is 0.469 bits per heavy atom. The van der Waals surface area contributed by atoms with E-state index in [0.717, 1.165) is 89.9 Å². The minimum absolute atomic E-state index is 0.00752. The fourth-order valence-electron chi connectivity index (χ4n) is 10.2. The van der Waals surface area contributed by atoms with Gasteiger partial charge < -0.3 is 45.1 Å². The van der Waals surface area contributed by atoms with Crippen LogP contribution in [0.2, 0.25) is 0 Å². The molecule has 81 heavy (non-hydrogen) atoms. The SMILES string of the molecule is CC/C=C/CC/C=C/CC/C=C/C(O)C(COC1OC(CO)C(O)C(O)C1O)NC(=O)CCCCCCCCCCCCC/C=C\C/C=C\CCCCCCCCCCCOC(=O)CCCCCCC/C=C\CCCCCCCCC. The van der Waals surface area contributed by atoms with Crippen molar-refractivity contribution in [3.8, 4) is 0 Å². The van der Waals surface area contributed by atoms with Crippen LogP contribution in [0.25, 0.3) is 0 Å². The highest BCUT2D eigenvalue weighted by Crippen LogP contribution is 2.23. The number of nitrogens with one attached hydrogen (secondary N) is 1. The van der Waals surface area contributed by atoms with Crippen LogP contribution in [-0.2, 0) is 23.8 Å². The molecule has 0 bridgehead atoms. The molecule has 470 valence electrons. The normalized spacial score (nSPS) is 18.7. The highest BCUT2D eigenvalue weighted by Gasteiger charge is 2.44. The number of rotatable bonds is 58. The zero-order valence-electron chi connectivity index (χ0n) is 52.0.